The van der Waals surface area contributed by atoms with Crippen LogP contribution in [0.1, 0.15) is 16.8 Å². The summed E-state index contributed by atoms with van der Waals surface area (Å²) in [5, 5.41) is 1.74. The van der Waals surface area contributed by atoms with E-state index in [1.165, 1.54) is 17.5 Å². The van der Waals surface area contributed by atoms with Gasteiger partial charge in [-0.1, -0.05) is 48.5 Å². The Morgan fingerprint density at radius 2 is 1.62 bits per heavy atom. The first kappa shape index (κ1) is 21.9. The van der Waals surface area contributed by atoms with E-state index in [-0.39, 0.29) is 10.6 Å². The fourth-order valence-corrected chi connectivity index (χ4v) is 5.55. The van der Waals surface area contributed by atoms with E-state index in [1.807, 2.05) is 24.3 Å². The highest BCUT2D eigenvalue weighted by molar-refractivity contribution is 7.90. The van der Waals surface area contributed by atoms with Gasteiger partial charge in [-0.3, -0.25) is 4.98 Å². The fraction of sp³-hybridized carbons (Fsp3) is 0.107. The molecule has 5 nitrogen and oxygen atoms in total. The van der Waals surface area contributed by atoms with Crippen molar-refractivity contribution in [1.82, 2.24) is 15.0 Å². The largest absolute Gasteiger partial charge is 0.256 e. The highest BCUT2D eigenvalue weighted by Gasteiger charge is 2.18. The third kappa shape index (κ3) is 4.20. The van der Waals surface area contributed by atoms with Gasteiger partial charge in [0, 0.05) is 23.3 Å². The van der Waals surface area contributed by atoms with Crippen molar-refractivity contribution in [3.63, 3.8) is 0 Å². The van der Waals surface area contributed by atoms with E-state index in [4.69, 9.17) is 0 Å². The second-order valence-electron chi connectivity index (χ2n) is 8.35. The molecule has 0 saturated carbocycles. The number of benzene rings is 3. The molecule has 5 aromatic rings. The van der Waals surface area contributed by atoms with Gasteiger partial charge in [-0.2, -0.15) is 0 Å². The summed E-state index contributed by atoms with van der Waals surface area (Å²) < 4.78 is 26.0. The first-order chi connectivity index (χ1) is 16.4. The van der Waals surface area contributed by atoms with Crippen molar-refractivity contribution >= 4 is 20.6 Å². The molecule has 0 aliphatic heterocycles. The lowest BCUT2D eigenvalue weighted by Crippen LogP contribution is -2.06. The minimum Gasteiger partial charge on any atom is -0.256 e. The van der Waals surface area contributed by atoms with E-state index in [2.05, 4.69) is 59.1 Å². The second kappa shape index (κ2) is 8.80. The summed E-state index contributed by atoms with van der Waals surface area (Å²) in [6.45, 7) is 4.19. The fourth-order valence-electron chi connectivity index (χ4n) is 4.24. The predicted octanol–water partition coefficient (Wildman–Crippen LogP) is 5.95. The molecule has 0 aliphatic rings. The van der Waals surface area contributed by atoms with Gasteiger partial charge in [0.1, 0.15) is 6.33 Å². The van der Waals surface area contributed by atoms with Crippen LogP contribution in [0.4, 0.5) is 0 Å². The first-order valence-corrected chi connectivity index (χ1v) is 12.6. The summed E-state index contributed by atoms with van der Waals surface area (Å²) in [7, 11) is -3.54. The maximum Gasteiger partial charge on any atom is 0.184 e. The summed E-state index contributed by atoms with van der Waals surface area (Å²) in [6.07, 6.45) is 4.63. The van der Waals surface area contributed by atoms with E-state index >= 15 is 0 Å². The lowest BCUT2D eigenvalue weighted by Gasteiger charge is -2.13. The second-order valence-corrected chi connectivity index (χ2v) is 10.3. The van der Waals surface area contributed by atoms with Crippen molar-refractivity contribution in [3.8, 4) is 22.4 Å². The number of fused-ring (bicyclic) bond motifs is 1. The van der Waals surface area contributed by atoms with Gasteiger partial charge in [-0.05, 0) is 65.8 Å². The number of sulfone groups is 1. The van der Waals surface area contributed by atoms with Crippen molar-refractivity contribution < 1.29 is 8.42 Å². The number of pyridine rings is 1. The monoisotopic (exact) mass is 465 g/mol. The molecule has 168 valence electrons. The lowest BCUT2D eigenvalue weighted by atomic mass is 9.94. The molecule has 0 bridgehead atoms. The highest BCUT2D eigenvalue weighted by atomic mass is 32.2. The summed E-state index contributed by atoms with van der Waals surface area (Å²) in [6, 6.07) is 23.4. The summed E-state index contributed by atoms with van der Waals surface area (Å²) in [5.74, 6) is -0.168. The smallest absolute Gasteiger partial charge is 0.184 e. The van der Waals surface area contributed by atoms with E-state index in [0.29, 0.717) is 5.69 Å². The van der Waals surface area contributed by atoms with Crippen molar-refractivity contribution in [3.05, 3.63) is 108 Å². The zero-order chi connectivity index (χ0) is 23.7. The number of aryl methyl sites for hydroxylation is 2. The molecule has 5 rings (SSSR count). The van der Waals surface area contributed by atoms with Crippen molar-refractivity contribution in [2.45, 2.75) is 24.5 Å². The minimum absolute atomic E-state index is 0.168. The summed E-state index contributed by atoms with van der Waals surface area (Å²) in [5.41, 5.74) is 7.05. The van der Waals surface area contributed by atoms with E-state index in [0.717, 1.165) is 33.2 Å². The molecule has 6 heteroatoms. The summed E-state index contributed by atoms with van der Waals surface area (Å²) in [4.78, 5) is 12.8. The van der Waals surface area contributed by atoms with Gasteiger partial charge in [0.25, 0.3) is 0 Å². The van der Waals surface area contributed by atoms with Crippen LogP contribution in [0, 0.1) is 13.8 Å². The van der Waals surface area contributed by atoms with Gasteiger partial charge in [-0.25, -0.2) is 18.4 Å². The Kier molecular flexibility index (Phi) is 5.67. The Balaban J connectivity index is 1.54. The van der Waals surface area contributed by atoms with Crippen LogP contribution in [0.5, 0.6) is 0 Å². The molecule has 0 aliphatic carbocycles. The van der Waals surface area contributed by atoms with Gasteiger partial charge in [0.15, 0.2) is 9.84 Å². The number of rotatable bonds is 5. The van der Waals surface area contributed by atoms with Crippen LogP contribution >= 0.6 is 0 Å². The van der Waals surface area contributed by atoms with Gasteiger partial charge < -0.3 is 0 Å². The first-order valence-electron chi connectivity index (χ1n) is 11.0. The Labute approximate surface area is 199 Å². The van der Waals surface area contributed by atoms with Crippen molar-refractivity contribution in [1.29, 1.82) is 0 Å². The third-order valence-electron chi connectivity index (χ3n) is 6.01. The highest BCUT2D eigenvalue weighted by Crippen LogP contribution is 2.33. The van der Waals surface area contributed by atoms with Crippen LogP contribution in [0.25, 0.3) is 33.2 Å². The number of hydrogen-bond acceptors (Lipinski definition) is 5. The molecule has 0 amide bonds. The van der Waals surface area contributed by atoms with Gasteiger partial charge in [-0.15, -0.1) is 0 Å². The zero-order valence-corrected chi connectivity index (χ0v) is 19.8. The average molecular weight is 466 g/mol. The van der Waals surface area contributed by atoms with Crippen LogP contribution in [0.3, 0.4) is 0 Å². The molecule has 2 heterocycles. The molecule has 3 aromatic carbocycles. The molecule has 2 aromatic heterocycles. The number of aromatic nitrogens is 3. The average Bonchev–Trinajstić information content (AvgIpc) is 2.84. The predicted molar refractivity (Wildman–Crippen MR) is 135 cm³/mol. The Bertz CT molecular complexity index is 1610. The number of nitrogens with zero attached hydrogens (tertiary/aromatic N) is 3. The molecule has 0 spiro atoms. The van der Waals surface area contributed by atoms with Gasteiger partial charge >= 0.3 is 0 Å². The molecule has 34 heavy (non-hydrogen) atoms. The molecular weight excluding hydrogens is 442 g/mol. The Morgan fingerprint density at radius 1 is 0.765 bits per heavy atom. The van der Waals surface area contributed by atoms with Crippen LogP contribution < -0.4 is 0 Å². The van der Waals surface area contributed by atoms with Gasteiger partial charge in [0.2, 0.25) is 0 Å². The topological polar surface area (TPSA) is 72.8 Å². The van der Waals surface area contributed by atoms with E-state index < -0.39 is 9.84 Å². The molecule has 0 N–H and O–H groups in total. The number of hydrogen-bond donors (Lipinski definition) is 0. The maximum atomic E-state index is 13.0. The maximum absolute atomic E-state index is 13.0. The lowest BCUT2D eigenvalue weighted by molar-refractivity contribution is 0.594. The Hall–Kier alpha value is -3.90. The minimum atomic E-state index is -3.54. The van der Waals surface area contributed by atoms with E-state index in [1.54, 1.807) is 30.6 Å². The SMILES string of the molecule is Cc1ccccc1-c1ccc(-c2nccc3cc(S(=O)(=O)Cc4ccncn4)ccc23)c(C)c1. The van der Waals surface area contributed by atoms with Crippen molar-refractivity contribution in [2.75, 3.05) is 0 Å². The van der Waals surface area contributed by atoms with E-state index in [9.17, 15) is 8.42 Å². The summed E-state index contributed by atoms with van der Waals surface area (Å²) >= 11 is 0. The quantitative estimate of drug-likeness (QED) is 0.321. The molecule has 0 fully saturated rings. The molecule has 0 radical (unpaired) electrons. The van der Waals surface area contributed by atoms with Crippen LogP contribution in [0.15, 0.2) is 96.4 Å². The molecule has 0 saturated heterocycles. The Morgan fingerprint density at radius 3 is 2.38 bits per heavy atom. The zero-order valence-electron chi connectivity index (χ0n) is 18.9. The molecule has 0 unspecified atom stereocenters. The molecular formula is C28H23N3O2S. The van der Waals surface area contributed by atoms with Crippen LogP contribution in [0.2, 0.25) is 0 Å². The van der Waals surface area contributed by atoms with Crippen molar-refractivity contribution in [2.24, 2.45) is 0 Å². The van der Waals surface area contributed by atoms with Crippen LogP contribution in [-0.4, -0.2) is 23.4 Å². The molecule has 0 atom stereocenters. The third-order valence-corrected chi connectivity index (χ3v) is 7.66. The standard InChI is InChI=1S/C28H23N3O2S/c1-19-5-3-4-6-25(19)21-7-9-26(20(2)15-21)28-27-10-8-24(16-22(27)11-14-30-28)34(32,33)17-23-12-13-29-18-31-23/h3-16,18H,17H2,1-2H3. The van der Waals surface area contributed by atoms with Gasteiger partial charge in [0.05, 0.1) is 22.0 Å². The van der Waals surface area contributed by atoms with Crippen LogP contribution in [-0.2, 0) is 15.6 Å². The normalized spacial score (nSPS) is 11.6.